The summed E-state index contributed by atoms with van der Waals surface area (Å²) in [5, 5.41) is 3.47. The summed E-state index contributed by atoms with van der Waals surface area (Å²) in [5.41, 5.74) is 11.4. The summed E-state index contributed by atoms with van der Waals surface area (Å²) in [4.78, 5) is 23.0. The maximum Gasteiger partial charge on any atom is 0.263 e. The first-order chi connectivity index (χ1) is 8.99. The van der Waals surface area contributed by atoms with E-state index in [0.717, 1.165) is 14.6 Å². The minimum absolute atomic E-state index is 0.113. The third kappa shape index (κ3) is 3.05. The number of benzene rings is 1. The van der Waals surface area contributed by atoms with Gasteiger partial charge in [-0.1, -0.05) is 15.9 Å². The van der Waals surface area contributed by atoms with Crippen LogP contribution in [-0.2, 0) is 4.79 Å². The Balaban J connectivity index is 2.22. The van der Waals surface area contributed by atoms with E-state index in [1.165, 1.54) is 11.3 Å². The number of amides is 2. The van der Waals surface area contributed by atoms with Crippen molar-refractivity contribution in [1.29, 1.82) is 0 Å². The summed E-state index contributed by atoms with van der Waals surface area (Å²) in [6.45, 7) is 0.214. The minimum Gasteiger partial charge on any atom is -0.397 e. The third-order valence-corrected chi connectivity index (χ3v) is 4.23. The molecular weight excluding hydrogens is 330 g/mol. The highest BCUT2D eigenvalue weighted by molar-refractivity contribution is 9.10. The van der Waals surface area contributed by atoms with Crippen LogP contribution in [0.1, 0.15) is 16.1 Å². The van der Waals surface area contributed by atoms with Gasteiger partial charge in [0.25, 0.3) is 5.91 Å². The Labute approximate surface area is 122 Å². The Kier molecular flexibility index (Phi) is 4.06. The molecule has 2 rings (SSSR count). The van der Waals surface area contributed by atoms with Crippen molar-refractivity contribution in [3.63, 3.8) is 0 Å². The van der Waals surface area contributed by atoms with Gasteiger partial charge in [0.05, 0.1) is 5.69 Å². The molecule has 0 aliphatic rings. The highest BCUT2D eigenvalue weighted by Gasteiger charge is 2.16. The first kappa shape index (κ1) is 13.8. The van der Waals surface area contributed by atoms with Gasteiger partial charge in [-0.2, -0.15) is 0 Å². The van der Waals surface area contributed by atoms with E-state index < -0.39 is 5.91 Å². The summed E-state index contributed by atoms with van der Waals surface area (Å²) >= 11 is 4.69. The third-order valence-electron chi connectivity index (χ3n) is 2.55. The van der Waals surface area contributed by atoms with E-state index >= 15 is 0 Å². The molecule has 0 radical (unpaired) electrons. The first-order valence-electron chi connectivity index (χ1n) is 5.53. The molecule has 0 atom stereocenters. The number of hydrogen-bond donors (Lipinski definition) is 3. The van der Waals surface area contributed by atoms with Gasteiger partial charge in [0.15, 0.2) is 0 Å². The number of anilines is 1. The zero-order valence-electron chi connectivity index (χ0n) is 9.90. The lowest BCUT2D eigenvalue weighted by atomic mass is 10.2. The van der Waals surface area contributed by atoms with E-state index in [9.17, 15) is 9.59 Å². The van der Waals surface area contributed by atoms with Gasteiger partial charge < -0.3 is 16.8 Å². The molecule has 0 unspecified atom stereocenters. The normalized spacial score (nSPS) is 10.6. The van der Waals surface area contributed by atoms with Gasteiger partial charge in [-0.15, -0.1) is 11.3 Å². The van der Waals surface area contributed by atoms with Crippen LogP contribution in [0.4, 0.5) is 5.69 Å². The zero-order chi connectivity index (χ0) is 14.0. The molecule has 1 aromatic heterocycles. The molecule has 5 N–H and O–H groups in total. The van der Waals surface area contributed by atoms with Crippen molar-refractivity contribution < 1.29 is 9.59 Å². The molecule has 0 aliphatic carbocycles. The van der Waals surface area contributed by atoms with E-state index in [4.69, 9.17) is 11.5 Å². The number of halogens is 1. The van der Waals surface area contributed by atoms with Crippen molar-refractivity contribution in [1.82, 2.24) is 5.32 Å². The molecule has 0 bridgehead atoms. The number of nitrogens with two attached hydrogens (primary N) is 2. The second-order valence-corrected chi connectivity index (χ2v) is 5.93. The number of primary amides is 1. The predicted molar refractivity (Wildman–Crippen MR) is 80.1 cm³/mol. The largest absolute Gasteiger partial charge is 0.397 e. The molecule has 1 aromatic carbocycles. The smallest absolute Gasteiger partial charge is 0.263 e. The fourth-order valence-electron chi connectivity index (χ4n) is 1.64. The number of thiophene rings is 1. The van der Waals surface area contributed by atoms with Crippen LogP contribution in [-0.4, -0.2) is 18.4 Å². The lowest BCUT2D eigenvalue weighted by molar-refractivity contribution is -0.117. The highest BCUT2D eigenvalue weighted by Crippen LogP contribution is 2.35. The second kappa shape index (κ2) is 5.58. The van der Waals surface area contributed by atoms with Gasteiger partial charge in [0, 0.05) is 27.5 Å². The molecule has 19 heavy (non-hydrogen) atoms. The molecule has 0 spiro atoms. The van der Waals surface area contributed by atoms with Crippen molar-refractivity contribution in [3.8, 4) is 0 Å². The molecule has 0 saturated heterocycles. The quantitative estimate of drug-likeness (QED) is 0.791. The summed E-state index contributed by atoms with van der Waals surface area (Å²) < 4.78 is 1.85. The van der Waals surface area contributed by atoms with Crippen LogP contribution >= 0.6 is 27.3 Å². The van der Waals surface area contributed by atoms with E-state index in [2.05, 4.69) is 21.2 Å². The molecule has 2 amide bonds. The maximum absolute atomic E-state index is 12.0. The Morgan fingerprint density at radius 3 is 2.79 bits per heavy atom. The van der Waals surface area contributed by atoms with Crippen LogP contribution in [0.15, 0.2) is 22.7 Å². The summed E-state index contributed by atoms with van der Waals surface area (Å²) in [6.07, 6.45) is 0.113. The van der Waals surface area contributed by atoms with Crippen LogP contribution in [0, 0.1) is 0 Å². The van der Waals surface area contributed by atoms with Crippen molar-refractivity contribution in [2.75, 3.05) is 12.3 Å². The predicted octanol–water partition coefficient (Wildman–Crippen LogP) is 1.85. The van der Waals surface area contributed by atoms with Crippen LogP contribution in [0.5, 0.6) is 0 Å². The van der Waals surface area contributed by atoms with Gasteiger partial charge in [-0.05, 0) is 18.2 Å². The molecule has 100 valence electrons. The monoisotopic (exact) mass is 341 g/mol. The van der Waals surface area contributed by atoms with E-state index in [1.54, 1.807) is 0 Å². The summed E-state index contributed by atoms with van der Waals surface area (Å²) in [6, 6.07) is 5.68. The zero-order valence-corrected chi connectivity index (χ0v) is 12.3. The summed E-state index contributed by atoms with van der Waals surface area (Å²) in [5.74, 6) is -0.732. The van der Waals surface area contributed by atoms with Crippen molar-refractivity contribution >= 4 is 54.9 Å². The van der Waals surface area contributed by atoms with E-state index in [-0.39, 0.29) is 18.9 Å². The number of nitrogens with one attached hydrogen (secondary N) is 1. The number of fused-ring (bicyclic) bond motifs is 1. The van der Waals surface area contributed by atoms with Crippen LogP contribution in [0.3, 0.4) is 0 Å². The Morgan fingerprint density at radius 1 is 1.37 bits per heavy atom. The number of carbonyl (C=O) groups excluding carboxylic acids is 2. The first-order valence-corrected chi connectivity index (χ1v) is 7.14. The number of carbonyl (C=O) groups is 2. The molecule has 1 heterocycles. The SMILES string of the molecule is NC(=O)CCNC(=O)c1sc2ccc(Br)cc2c1N. The van der Waals surface area contributed by atoms with Gasteiger partial charge in [0.2, 0.25) is 5.91 Å². The average Bonchev–Trinajstić information content (AvgIpc) is 2.66. The number of hydrogen-bond acceptors (Lipinski definition) is 4. The fraction of sp³-hybridized carbons (Fsp3) is 0.167. The van der Waals surface area contributed by atoms with Crippen LogP contribution in [0.2, 0.25) is 0 Å². The van der Waals surface area contributed by atoms with Gasteiger partial charge >= 0.3 is 0 Å². The lowest BCUT2D eigenvalue weighted by Crippen LogP contribution is -2.27. The molecular formula is C12H12BrN3O2S. The minimum atomic E-state index is -0.450. The van der Waals surface area contributed by atoms with Crippen LogP contribution in [0.25, 0.3) is 10.1 Å². The van der Waals surface area contributed by atoms with Gasteiger partial charge in [0.1, 0.15) is 4.88 Å². The average molecular weight is 342 g/mol. The molecule has 7 heteroatoms. The summed E-state index contributed by atoms with van der Waals surface area (Å²) in [7, 11) is 0. The van der Waals surface area contributed by atoms with E-state index in [1.807, 2.05) is 18.2 Å². The topological polar surface area (TPSA) is 98.2 Å². The van der Waals surface area contributed by atoms with Gasteiger partial charge in [-0.3, -0.25) is 9.59 Å². The second-order valence-electron chi connectivity index (χ2n) is 3.96. The number of nitrogen functional groups attached to an aromatic ring is 1. The number of rotatable bonds is 4. The lowest BCUT2D eigenvalue weighted by Gasteiger charge is -2.02. The van der Waals surface area contributed by atoms with Crippen molar-refractivity contribution in [2.24, 2.45) is 5.73 Å². The van der Waals surface area contributed by atoms with Crippen molar-refractivity contribution in [2.45, 2.75) is 6.42 Å². The molecule has 0 saturated carbocycles. The Bertz CT molecular complexity index is 654. The molecule has 2 aromatic rings. The highest BCUT2D eigenvalue weighted by atomic mass is 79.9. The Hall–Kier alpha value is -1.60. The Morgan fingerprint density at radius 2 is 2.11 bits per heavy atom. The fourth-order valence-corrected chi connectivity index (χ4v) is 3.02. The van der Waals surface area contributed by atoms with Crippen molar-refractivity contribution in [3.05, 3.63) is 27.5 Å². The maximum atomic E-state index is 12.0. The van der Waals surface area contributed by atoms with Gasteiger partial charge in [-0.25, -0.2) is 0 Å². The molecule has 0 fully saturated rings. The van der Waals surface area contributed by atoms with E-state index in [0.29, 0.717) is 10.6 Å². The molecule has 0 aliphatic heterocycles. The standard InChI is InChI=1S/C12H12BrN3O2S/c13-6-1-2-8-7(5-6)10(15)11(19-8)12(18)16-4-3-9(14)17/h1-2,5H,3-4,15H2,(H2,14,17)(H,16,18). The van der Waals surface area contributed by atoms with Crippen LogP contribution < -0.4 is 16.8 Å². The molecule has 5 nitrogen and oxygen atoms in total.